The van der Waals surface area contributed by atoms with E-state index in [0.717, 1.165) is 36.8 Å². The maximum atomic E-state index is 12.4. The molecule has 0 spiro atoms. The molecule has 2 atom stereocenters. The molecule has 1 aromatic rings. The summed E-state index contributed by atoms with van der Waals surface area (Å²) < 4.78 is 1.09. The van der Waals surface area contributed by atoms with Crippen molar-refractivity contribution >= 4 is 34.2 Å². The molecule has 1 saturated heterocycles. The second-order valence-corrected chi connectivity index (χ2v) is 6.63. The SMILES string of the molecule is C[C@H]1C[C@@H](C(=O)N(C)CCc2ccc(Br)cc2)CCN1.Cl. The maximum Gasteiger partial charge on any atom is 0.225 e. The van der Waals surface area contributed by atoms with Crippen LogP contribution < -0.4 is 5.32 Å². The van der Waals surface area contributed by atoms with Gasteiger partial charge in [-0.2, -0.15) is 0 Å². The first-order chi connectivity index (χ1) is 9.56. The first kappa shape index (κ1) is 18.5. The molecule has 0 aliphatic carbocycles. The van der Waals surface area contributed by atoms with Crippen molar-refractivity contribution in [1.29, 1.82) is 0 Å². The van der Waals surface area contributed by atoms with Crippen molar-refractivity contribution in [3.63, 3.8) is 0 Å². The highest BCUT2D eigenvalue weighted by atomic mass is 79.9. The van der Waals surface area contributed by atoms with E-state index in [1.54, 1.807) is 0 Å². The number of carbonyl (C=O) groups excluding carboxylic acids is 1. The van der Waals surface area contributed by atoms with Gasteiger partial charge in [-0.3, -0.25) is 4.79 Å². The lowest BCUT2D eigenvalue weighted by Crippen LogP contribution is -2.43. The molecule has 5 heteroatoms. The molecular formula is C16H24BrClN2O. The number of nitrogens with one attached hydrogen (secondary N) is 1. The number of rotatable bonds is 4. The fraction of sp³-hybridized carbons (Fsp3) is 0.562. The molecule has 0 aromatic heterocycles. The van der Waals surface area contributed by atoms with E-state index in [1.165, 1.54) is 5.56 Å². The van der Waals surface area contributed by atoms with Crippen LogP contribution in [-0.2, 0) is 11.2 Å². The van der Waals surface area contributed by atoms with Gasteiger partial charge in [0.25, 0.3) is 0 Å². The molecule has 1 amide bonds. The average molecular weight is 376 g/mol. The third-order valence-electron chi connectivity index (χ3n) is 4.00. The van der Waals surface area contributed by atoms with Gasteiger partial charge in [0.05, 0.1) is 0 Å². The van der Waals surface area contributed by atoms with Gasteiger partial charge in [-0.1, -0.05) is 28.1 Å². The number of nitrogens with zero attached hydrogens (tertiary/aromatic N) is 1. The molecule has 0 radical (unpaired) electrons. The van der Waals surface area contributed by atoms with E-state index in [2.05, 4.69) is 40.3 Å². The number of hydrogen-bond donors (Lipinski definition) is 1. The molecule has 1 aromatic carbocycles. The minimum absolute atomic E-state index is 0. The fourth-order valence-electron chi connectivity index (χ4n) is 2.73. The molecule has 118 valence electrons. The Morgan fingerprint density at radius 3 is 2.67 bits per heavy atom. The van der Waals surface area contributed by atoms with Crippen LogP contribution in [0.3, 0.4) is 0 Å². The number of benzene rings is 1. The topological polar surface area (TPSA) is 32.3 Å². The van der Waals surface area contributed by atoms with Crippen LogP contribution in [0.4, 0.5) is 0 Å². The maximum absolute atomic E-state index is 12.4. The van der Waals surface area contributed by atoms with E-state index in [1.807, 2.05) is 24.1 Å². The lowest BCUT2D eigenvalue weighted by molar-refractivity contribution is -0.135. The fourth-order valence-corrected chi connectivity index (χ4v) is 2.99. The smallest absolute Gasteiger partial charge is 0.225 e. The van der Waals surface area contributed by atoms with Gasteiger partial charge in [-0.05, 0) is 50.4 Å². The number of piperidine rings is 1. The summed E-state index contributed by atoms with van der Waals surface area (Å²) in [5.74, 6) is 0.497. The highest BCUT2D eigenvalue weighted by Crippen LogP contribution is 2.18. The van der Waals surface area contributed by atoms with Gasteiger partial charge in [0, 0.05) is 30.0 Å². The molecule has 2 rings (SSSR count). The molecule has 1 aliphatic heterocycles. The summed E-state index contributed by atoms with van der Waals surface area (Å²) in [6.07, 6.45) is 2.84. The van der Waals surface area contributed by atoms with Crippen LogP contribution in [-0.4, -0.2) is 37.0 Å². The van der Waals surface area contributed by atoms with E-state index in [4.69, 9.17) is 0 Å². The summed E-state index contributed by atoms with van der Waals surface area (Å²) in [7, 11) is 1.92. The predicted octanol–water partition coefficient (Wildman–Crippen LogP) is 3.26. The number of halogens is 2. The number of carbonyl (C=O) groups is 1. The molecule has 1 aliphatic rings. The van der Waals surface area contributed by atoms with E-state index < -0.39 is 0 Å². The zero-order chi connectivity index (χ0) is 14.5. The van der Waals surface area contributed by atoms with Crippen LogP contribution in [0.15, 0.2) is 28.7 Å². The van der Waals surface area contributed by atoms with E-state index in [-0.39, 0.29) is 18.3 Å². The summed E-state index contributed by atoms with van der Waals surface area (Å²) in [6, 6.07) is 8.76. The average Bonchev–Trinajstić information content (AvgIpc) is 2.45. The van der Waals surface area contributed by atoms with Crippen LogP contribution >= 0.6 is 28.3 Å². The molecule has 0 bridgehead atoms. The van der Waals surface area contributed by atoms with Gasteiger partial charge >= 0.3 is 0 Å². The first-order valence-corrected chi connectivity index (χ1v) is 8.08. The Morgan fingerprint density at radius 1 is 1.38 bits per heavy atom. The monoisotopic (exact) mass is 374 g/mol. The van der Waals surface area contributed by atoms with Crippen molar-refractivity contribution in [2.24, 2.45) is 5.92 Å². The lowest BCUT2D eigenvalue weighted by atomic mass is 9.92. The van der Waals surface area contributed by atoms with Gasteiger partial charge in [-0.15, -0.1) is 12.4 Å². The van der Waals surface area contributed by atoms with Crippen molar-refractivity contribution in [2.75, 3.05) is 20.1 Å². The van der Waals surface area contributed by atoms with Crippen LogP contribution in [0.1, 0.15) is 25.3 Å². The summed E-state index contributed by atoms with van der Waals surface area (Å²) in [5, 5.41) is 3.39. The van der Waals surface area contributed by atoms with Crippen molar-refractivity contribution in [3.05, 3.63) is 34.3 Å². The van der Waals surface area contributed by atoms with Gasteiger partial charge in [0.15, 0.2) is 0 Å². The Bertz CT molecular complexity index is 452. The van der Waals surface area contributed by atoms with Crippen LogP contribution in [0, 0.1) is 5.92 Å². The normalized spacial score (nSPS) is 21.5. The molecular weight excluding hydrogens is 352 g/mol. The molecule has 1 N–H and O–H groups in total. The quantitative estimate of drug-likeness (QED) is 0.876. The zero-order valence-electron chi connectivity index (χ0n) is 12.6. The number of hydrogen-bond acceptors (Lipinski definition) is 2. The van der Waals surface area contributed by atoms with Crippen LogP contribution in [0.25, 0.3) is 0 Å². The summed E-state index contributed by atoms with van der Waals surface area (Å²) in [5.41, 5.74) is 1.27. The Balaban J connectivity index is 0.00000220. The highest BCUT2D eigenvalue weighted by molar-refractivity contribution is 9.10. The zero-order valence-corrected chi connectivity index (χ0v) is 15.0. The van der Waals surface area contributed by atoms with Crippen LogP contribution in [0.5, 0.6) is 0 Å². The van der Waals surface area contributed by atoms with Gasteiger partial charge in [-0.25, -0.2) is 0 Å². The third kappa shape index (κ3) is 5.61. The predicted molar refractivity (Wildman–Crippen MR) is 92.9 cm³/mol. The minimum Gasteiger partial charge on any atom is -0.345 e. The summed E-state index contributed by atoms with van der Waals surface area (Å²) in [6.45, 7) is 3.90. The van der Waals surface area contributed by atoms with Crippen molar-refractivity contribution < 1.29 is 4.79 Å². The van der Waals surface area contributed by atoms with E-state index in [0.29, 0.717) is 11.9 Å². The molecule has 0 saturated carbocycles. The second kappa shape index (κ2) is 8.76. The summed E-state index contributed by atoms with van der Waals surface area (Å²) in [4.78, 5) is 14.3. The molecule has 21 heavy (non-hydrogen) atoms. The van der Waals surface area contributed by atoms with Gasteiger partial charge in [0.1, 0.15) is 0 Å². The first-order valence-electron chi connectivity index (χ1n) is 7.29. The Hall–Kier alpha value is -0.580. The Morgan fingerprint density at radius 2 is 2.05 bits per heavy atom. The largest absolute Gasteiger partial charge is 0.345 e. The molecule has 3 nitrogen and oxygen atoms in total. The standard InChI is InChI=1S/C16H23BrN2O.ClH/c1-12-11-14(7-9-18-12)16(20)19(2)10-8-13-3-5-15(17)6-4-13;/h3-6,12,14,18H,7-11H2,1-2H3;1H/t12-,14-;/m0./s1. The number of likely N-dealkylation sites (N-methyl/N-ethyl adjacent to an activating group) is 1. The summed E-state index contributed by atoms with van der Waals surface area (Å²) >= 11 is 3.44. The lowest BCUT2D eigenvalue weighted by Gasteiger charge is -2.30. The third-order valence-corrected chi connectivity index (χ3v) is 4.53. The molecule has 0 unspecified atom stereocenters. The van der Waals surface area contributed by atoms with Gasteiger partial charge < -0.3 is 10.2 Å². The Kier molecular flexibility index (Phi) is 7.71. The van der Waals surface area contributed by atoms with Crippen molar-refractivity contribution in [1.82, 2.24) is 10.2 Å². The van der Waals surface area contributed by atoms with Gasteiger partial charge in [0.2, 0.25) is 5.91 Å². The van der Waals surface area contributed by atoms with E-state index >= 15 is 0 Å². The highest BCUT2D eigenvalue weighted by Gasteiger charge is 2.26. The van der Waals surface area contributed by atoms with Crippen molar-refractivity contribution in [3.8, 4) is 0 Å². The molecule has 1 heterocycles. The van der Waals surface area contributed by atoms with E-state index in [9.17, 15) is 4.79 Å². The minimum atomic E-state index is 0. The Labute approximate surface area is 142 Å². The van der Waals surface area contributed by atoms with Crippen LogP contribution in [0.2, 0.25) is 0 Å². The second-order valence-electron chi connectivity index (χ2n) is 5.71. The number of amides is 1. The van der Waals surface area contributed by atoms with Crippen molar-refractivity contribution in [2.45, 2.75) is 32.2 Å². The molecule has 1 fully saturated rings.